The first-order valence-electron chi connectivity index (χ1n) is 9.59. The third-order valence-corrected chi connectivity index (χ3v) is 5.71. The second-order valence-electron chi connectivity index (χ2n) is 6.66. The van der Waals surface area contributed by atoms with E-state index in [1.165, 1.54) is 30.8 Å². The van der Waals surface area contributed by atoms with Gasteiger partial charge in [0.15, 0.2) is 5.96 Å². The van der Waals surface area contributed by atoms with Crippen molar-refractivity contribution in [1.29, 1.82) is 5.26 Å². The van der Waals surface area contributed by atoms with Gasteiger partial charge in [-0.2, -0.15) is 5.26 Å². The molecule has 0 aliphatic carbocycles. The van der Waals surface area contributed by atoms with E-state index >= 15 is 0 Å². The zero-order valence-electron chi connectivity index (χ0n) is 15.8. The molecule has 1 aromatic heterocycles. The number of benzene rings is 1. The van der Waals surface area contributed by atoms with Crippen LogP contribution in [0.2, 0.25) is 0 Å². The van der Waals surface area contributed by atoms with E-state index in [0.29, 0.717) is 18.2 Å². The van der Waals surface area contributed by atoms with E-state index in [9.17, 15) is 0 Å². The van der Waals surface area contributed by atoms with Crippen molar-refractivity contribution in [2.24, 2.45) is 4.99 Å². The minimum absolute atomic E-state index is 0.387. The molecule has 2 N–H and O–H groups in total. The summed E-state index contributed by atoms with van der Waals surface area (Å²) in [5.74, 6) is 0.820. The molecule has 1 aromatic carbocycles. The lowest BCUT2D eigenvalue weighted by Crippen LogP contribution is -2.42. The minimum Gasteiger partial charge on any atom is -0.357 e. The van der Waals surface area contributed by atoms with Gasteiger partial charge in [-0.3, -0.25) is 4.90 Å². The van der Waals surface area contributed by atoms with E-state index in [2.05, 4.69) is 46.0 Å². The Morgan fingerprint density at radius 2 is 2.11 bits per heavy atom. The number of nitrogens with zero attached hydrogens (tertiary/aromatic N) is 3. The largest absolute Gasteiger partial charge is 0.357 e. The predicted octanol–water partition coefficient (Wildman–Crippen LogP) is 3.51. The molecular formula is C21H27N5S. The van der Waals surface area contributed by atoms with Crippen LogP contribution in [0.1, 0.15) is 41.8 Å². The molecule has 2 aromatic rings. The van der Waals surface area contributed by atoms with Crippen LogP contribution in [0.5, 0.6) is 0 Å². The van der Waals surface area contributed by atoms with E-state index in [-0.39, 0.29) is 0 Å². The summed E-state index contributed by atoms with van der Waals surface area (Å²) in [6, 6.07) is 14.6. The highest BCUT2D eigenvalue weighted by Crippen LogP contribution is 2.27. The van der Waals surface area contributed by atoms with Crippen molar-refractivity contribution < 1.29 is 0 Å². The van der Waals surface area contributed by atoms with Gasteiger partial charge in [-0.15, -0.1) is 11.3 Å². The van der Waals surface area contributed by atoms with Gasteiger partial charge in [0, 0.05) is 18.0 Å². The molecular weight excluding hydrogens is 354 g/mol. The van der Waals surface area contributed by atoms with Gasteiger partial charge < -0.3 is 10.6 Å². The first kappa shape index (κ1) is 19.4. The Hall–Kier alpha value is -2.36. The zero-order valence-corrected chi connectivity index (χ0v) is 16.6. The van der Waals surface area contributed by atoms with E-state index in [4.69, 9.17) is 10.3 Å². The topological polar surface area (TPSA) is 63.5 Å². The average molecular weight is 382 g/mol. The normalized spacial score (nSPS) is 16.1. The molecule has 0 amide bonds. The SMILES string of the molecule is CCNC(=NCc1cccc(C#N)c1)NCC(c1cccs1)N1CCCC1. The highest BCUT2D eigenvalue weighted by molar-refractivity contribution is 7.10. The van der Waals surface area contributed by atoms with Gasteiger partial charge in [0.1, 0.15) is 0 Å². The van der Waals surface area contributed by atoms with Crippen molar-refractivity contribution in [2.75, 3.05) is 26.2 Å². The average Bonchev–Trinajstić information content (AvgIpc) is 3.41. The van der Waals surface area contributed by atoms with Crippen LogP contribution in [0.25, 0.3) is 0 Å². The Balaban J connectivity index is 1.66. The smallest absolute Gasteiger partial charge is 0.191 e. The predicted molar refractivity (Wildman–Crippen MR) is 112 cm³/mol. The fourth-order valence-corrected chi connectivity index (χ4v) is 4.25. The molecule has 0 saturated carbocycles. The van der Waals surface area contributed by atoms with Gasteiger partial charge in [-0.05, 0) is 62.0 Å². The maximum Gasteiger partial charge on any atom is 0.191 e. The molecule has 0 bridgehead atoms. The van der Waals surface area contributed by atoms with Crippen molar-refractivity contribution in [3.05, 3.63) is 57.8 Å². The molecule has 142 valence electrons. The third-order valence-electron chi connectivity index (χ3n) is 4.74. The second kappa shape index (κ2) is 10.1. The number of likely N-dealkylation sites (tertiary alicyclic amines) is 1. The van der Waals surface area contributed by atoms with E-state index < -0.39 is 0 Å². The van der Waals surface area contributed by atoms with Gasteiger partial charge in [-0.1, -0.05) is 18.2 Å². The molecule has 0 spiro atoms. The zero-order chi connectivity index (χ0) is 18.9. The van der Waals surface area contributed by atoms with Crippen LogP contribution in [0.4, 0.5) is 0 Å². The summed E-state index contributed by atoms with van der Waals surface area (Å²) in [5.41, 5.74) is 1.72. The van der Waals surface area contributed by atoms with E-state index in [1.807, 2.05) is 35.6 Å². The first-order chi connectivity index (χ1) is 13.3. The Kier molecular flexibility index (Phi) is 7.26. The van der Waals surface area contributed by atoms with Crippen LogP contribution in [-0.2, 0) is 6.54 Å². The monoisotopic (exact) mass is 381 g/mol. The molecule has 0 radical (unpaired) electrons. The summed E-state index contributed by atoms with van der Waals surface area (Å²) >= 11 is 1.82. The molecule has 1 aliphatic rings. The second-order valence-corrected chi connectivity index (χ2v) is 7.64. The van der Waals surface area contributed by atoms with Crippen LogP contribution in [-0.4, -0.2) is 37.0 Å². The van der Waals surface area contributed by atoms with Crippen molar-refractivity contribution in [1.82, 2.24) is 15.5 Å². The minimum atomic E-state index is 0.387. The fourth-order valence-electron chi connectivity index (χ4n) is 3.39. The number of guanidine groups is 1. The standard InChI is InChI=1S/C21H27N5S/c1-2-23-21(24-15-18-8-5-7-17(13-18)14-22)25-16-19(20-9-6-12-27-20)26-10-3-4-11-26/h5-9,12-13,19H,2-4,10-11,15-16H2,1H3,(H2,23,24,25). The van der Waals surface area contributed by atoms with Gasteiger partial charge in [0.05, 0.1) is 24.2 Å². The molecule has 1 atom stereocenters. The number of hydrogen-bond acceptors (Lipinski definition) is 4. The molecule has 1 saturated heterocycles. The summed E-state index contributed by atoms with van der Waals surface area (Å²) in [5, 5.41) is 18.1. The highest BCUT2D eigenvalue weighted by Gasteiger charge is 2.24. The number of nitriles is 1. The number of rotatable bonds is 7. The Bertz CT molecular complexity index is 772. The Morgan fingerprint density at radius 1 is 1.26 bits per heavy atom. The maximum atomic E-state index is 9.05. The molecule has 2 heterocycles. The van der Waals surface area contributed by atoms with Gasteiger partial charge in [0.25, 0.3) is 0 Å². The van der Waals surface area contributed by atoms with E-state index in [1.54, 1.807) is 0 Å². The third kappa shape index (κ3) is 5.56. The van der Waals surface area contributed by atoms with Gasteiger partial charge >= 0.3 is 0 Å². The van der Waals surface area contributed by atoms with Crippen molar-refractivity contribution in [3.63, 3.8) is 0 Å². The fraction of sp³-hybridized carbons (Fsp3) is 0.429. The summed E-state index contributed by atoms with van der Waals surface area (Å²) in [6.07, 6.45) is 2.57. The lowest BCUT2D eigenvalue weighted by atomic mass is 10.1. The summed E-state index contributed by atoms with van der Waals surface area (Å²) in [4.78, 5) is 8.68. The molecule has 1 aliphatic heterocycles. The van der Waals surface area contributed by atoms with Crippen LogP contribution in [0.3, 0.4) is 0 Å². The lowest BCUT2D eigenvalue weighted by molar-refractivity contribution is 0.249. The summed E-state index contributed by atoms with van der Waals surface area (Å²) in [7, 11) is 0. The van der Waals surface area contributed by atoms with Crippen molar-refractivity contribution in [3.8, 4) is 6.07 Å². The summed E-state index contributed by atoms with van der Waals surface area (Å²) in [6.45, 7) is 6.61. The molecule has 6 heteroatoms. The molecule has 3 rings (SSSR count). The molecule has 1 unspecified atom stereocenters. The van der Waals surface area contributed by atoms with Crippen LogP contribution in [0, 0.1) is 11.3 Å². The van der Waals surface area contributed by atoms with Crippen molar-refractivity contribution >= 4 is 17.3 Å². The number of thiophene rings is 1. The quantitative estimate of drug-likeness (QED) is 0.569. The number of aliphatic imine (C=N–C) groups is 1. The van der Waals surface area contributed by atoms with Crippen LogP contribution in [0.15, 0.2) is 46.8 Å². The van der Waals surface area contributed by atoms with Gasteiger partial charge in [-0.25, -0.2) is 4.99 Å². The number of nitrogens with one attached hydrogen (secondary N) is 2. The summed E-state index contributed by atoms with van der Waals surface area (Å²) < 4.78 is 0. The molecule has 27 heavy (non-hydrogen) atoms. The molecule has 1 fully saturated rings. The van der Waals surface area contributed by atoms with Crippen LogP contribution >= 0.6 is 11.3 Å². The molecule has 5 nitrogen and oxygen atoms in total. The Morgan fingerprint density at radius 3 is 2.81 bits per heavy atom. The van der Waals surface area contributed by atoms with Gasteiger partial charge in [0.2, 0.25) is 0 Å². The van der Waals surface area contributed by atoms with E-state index in [0.717, 1.165) is 24.6 Å². The van der Waals surface area contributed by atoms with Crippen molar-refractivity contribution in [2.45, 2.75) is 32.4 Å². The van der Waals surface area contributed by atoms with Crippen LogP contribution < -0.4 is 10.6 Å². The highest BCUT2D eigenvalue weighted by atomic mass is 32.1. The maximum absolute atomic E-state index is 9.05. The first-order valence-corrected chi connectivity index (χ1v) is 10.5. The number of hydrogen-bond donors (Lipinski definition) is 2. The lowest BCUT2D eigenvalue weighted by Gasteiger charge is -2.27. The Labute approximate surface area is 165 Å².